The molecule has 0 spiro atoms. The summed E-state index contributed by atoms with van der Waals surface area (Å²) in [5.41, 5.74) is 11.7. The van der Waals surface area contributed by atoms with E-state index in [-0.39, 0.29) is 0 Å². The molecule has 9 nitrogen and oxygen atoms in total. The number of nitrogens with one attached hydrogen (secondary N) is 2. The molecule has 132 valence electrons. The minimum absolute atomic E-state index is 0.439. The molecule has 0 aliphatic carbocycles. The van der Waals surface area contributed by atoms with Gasteiger partial charge in [-0.3, -0.25) is 9.59 Å². The maximum Gasteiger partial charge on any atom is 0.316 e. The molecule has 9 heteroatoms. The lowest BCUT2D eigenvalue weighted by Gasteiger charge is -2.20. The smallest absolute Gasteiger partial charge is 0.316 e. The Morgan fingerprint density at radius 3 is 1.96 bits per heavy atom. The van der Waals surface area contributed by atoms with Crippen LogP contribution in [0.1, 0.15) is 24.1 Å². The first kappa shape index (κ1) is 19.1. The maximum absolute atomic E-state index is 11.9. The zero-order valence-corrected chi connectivity index (χ0v) is 14.0. The van der Waals surface area contributed by atoms with Crippen molar-refractivity contribution in [3.63, 3.8) is 0 Å². The van der Waals surface area contributed by atoms with Crippen LogP contribution in [0, 0.1) is 6.92 Å². The minimum atomic E-state index is -1.58. The van der Waals surface area contributed by atoms with E-state index in [1.807, 2.05) is 6.92 Å². The van der Waals surface area contributed by atoms with Crippen molar-refractivity contribution in [2.45, 2.75) is 25.9 Å². The Bertz CT molecular complexity index is 633. The topological polar surface area (TPSA) is 146 Å². The number of ether oxygens (including phenoxy) is 2. The highest BCUT2D eigenvalue weighted by molar-refractivity contribution is 6.05. The van der Waals surface area contributed by atoms with E-state index in [4.69, 9.17) is 20.9 Å². The van der Waals surface area contributed by atoms with Crippen LogP contribution in [0.5, 0.6) is 11.5 Å². The molecule has 0 saturated carbocycles. The average molecular weight is 338 g/mol. The SMILES string of the molecule is COc1cc(C)c([C@H](C)NC(=O)NC(C(N)=O)C(N)=O)cc1OC. The van der Waals surface area contributed by atoms with E-state index in [0.717, 1.165) is 11.1 Å². The van der Waals surface area contributed by atoms with Crippen LogP contribution in [-0.4, -0.2) is 38.1 Å². The lowest BCUT2D eigenvalue weighted by atomic mass is 10.0. The summed E-state index contributed by atoms with van der Waals surface area (Å²) in [4.78, 5) is 34.1. The van der Waals surface area contributed by atoms with Gasteiger partial charge in [-0.05, 0) is 37.1 Å². The van der Waals surface area contributed by atoms with Crippen LogP contribution in [0.2, 0.25) is 0 Å². The fourth-order valence-corrected chi connectivity index (χ4v) is 2.19. The molecule has 0 aliphatic heterocycles. The third kappa shape index (κ3) is 4.51. The first-order valence-corrected chi connectivity index (χ1v) is 7.09. The number of nitrogens with two attached hydrogens (primary N) is 2. The second-order valence-electron chi connectivity index (χ2n) is 5.14. The fourth-order valence-electron chi connectivity index (χ4n) is 2.19. The standard InChI is InChI=1S/C15H22N4O5/c1-7-5-10(23-3)11(24-4)6-9(7)8(2)18-15(22)19-12(13(16)20)14(17)21/h5-6,8,12H,1-4H3,(H2,16,20)(H2,17,21)(H2,18,19,22)/t8-/m0/s1. The highest BCUT2D eigenvalue weighted by Crippen LogP contribution is 2.32. The predicted molar refractivity (Wildman–Crippen MR) is 86.5 cm³/mol. The zero-order chi connectivity index (χ0) is 18.4. The van der Waals surface area contributed by atoms with Crippen LogP contribution in [0.15, 0.2) is 12.1 Å². The van der Waals surface area contributed by atoms with E-state index in [2.05, 4.69) is 10.6 Å². The highest BCUT2D eigenvalue weighted by Gasteiger charge is 2.25. The van der Waals surface area contributed by atoms with Gasteiger partial charge in [0.1, 0.15) is 0 Å². The van der Waals surface area contributed by atoms with E-state index >= 15 is 0 Å². The highest BCUT2D eigenvalue weighted by atomic mass is 16.5. The molecule has 4 amide bonds. The van der Waals surface area contributed by atoms with Crippen LogP contribution in [0.25, 0.3) is 0 Å². The van der Waals surface area contributed by atoms with Gasteiger partial charge in [0.2, 0.25) is 11.8 Å². The van der Waals surface area contributed by atoms with Crippen LogP contribution >= 0.6 is 0 Å². The molecule has 1 aromatic rings. The number of carbonyl (C=O) groups is 3. The van der Waals surface area contributed by atoms with Gasteiger partial charge in [-0.15, -0.1) is 0 Å². The molecule has 1 aromatic carbocycles. The average Bonchev–Trinajstić information content (AvgIpc) is 2.51. The number of rotatable bonds is 7. The first-order chi connectivity index (χ1) is 11.2. The van der Waals surface area contributed by atoms with Crippen molar-refractivity contribution >= 4 is 17.8 Å². The van der Waals surface area contributed by atoms with E-state index in [1.165, 1.54) is 14.2 Å². The Balaban J connectivity index is 2.91. The van der Waals surface area contributed by atoms with Crippen molar-refractivity contribution in [2.75, 3.05) is 14.2 Å². The molecule has 0 heterocycles. The number of amides is 4. The van der Waals surface area contributed by atoms with Crippen molar-refractivity contribution in [2.24, 2.45) is 11.5 Å². The van der Waals surface area contributed by atoms with Crippen LogP contribution < -0.4 is 31.6 Å². The molecule has 0 aromatic heterocycles. The summed E-state index contributed by atoms with van der Waals surface area (Å²) in [6, 6.07) is 0.743. The number of hydrogen-bond acceptors (Lipinski definition) is 5. The Labute approximate surface area is 139 Å². The summed E-state index contributed by atoms with van der Waals surface area (Å²) < 4.78 is 10.4. The lowest BCUT2D eigenvalue weighted by molar-refractivity contribution is -0.128. The van der Waals surface area contributed by atoms with Crippen molar-refractivity contribution in [3.8, 4) is 11.5 Å². The number of aryl methyl sites for hydroxylation is 1. The molecule has 24 heavy (non-hydrogen) atoms. The molecule has 0 unspecified atom stereocenters. The van der Waals surface area contributed by atoms with Gasteiger partial charge in [0.05, 0.1) is 20.3 Å². The van der Waals surface area contributed by atoms with E-state index in [0.29, 0.717) is 11.5 Å². The van der Waals surface area contributed by atoms with Gasteiger partial charge in [0.15, 0.2) is 17.5 Å². The predicted octanol–water partition coefficient (Wildman–Crippen LogP) is -0.288. The van der Waals surface area contributed by atoms with Crippen LogP contribution in [0.3, 0.4) is 0 Å². The molecular weight excluding hydrogens is 316 g/mol. The largest absolute Gasteiger partial charge is 0.493 e. The van der Waals surface area contributed by atoms with E-state index in [9.17, 15) is 14.4 Å². The molecule has 0 saturated heterocycles. The normalized spacial score (nSPS) is 11.5. The van der Waals surface area contributed by atoms with Crippen molar-refractivity contribution in [1.82, 2.24) is 10.6 Å². The van der Waals surface area contributed by atoms with E-state index in [1.54, 1.807) is 19.1 Å². The monoisotopic (exact) mass is 338 g/mol. The number of urea groups is 1. The van der Waals surface area contributed by atoms with Gasteiger partial charge in [-0.25, -0.2) is 4.79 Å². The third-order valence-electron chi connectivity index (χ3n) is 3.43. The van der Waals surface area contributed by atoms with Crippen LogP contribution in [-0.2, 0) is 9.59 Å². The number of methoxy groups -OCH3 is 2. The molecule has 0 radical (unpaired) electrons. The first-order valence-electron chi connectivity index (χ1n) is 7.09. The summed E-state index contributed by atoms with van der Waals surface area (Å²) in [6.45, 7) is 3.58. The zero-order valence-electron chi connectivity index (χ0n) is 14.0. The maximum atomic E-state index is 11.9. The van der Waals surface area contributed by atoms with Gasteiger partial charge >= 0.3 is 6.03 Å². The Morgan fingerprint density at radius 1 is 1.00 bits per heavy atom. The third-order valence-corrected chi connectivity index (χ3v) is 3.43. The van der Waals surface area contributed by atoms with Gasteiger partial charge < -0.3 is 31.6 Å². The van der Waals surface area contributed by atoms with Gasteiger partial charge in [0.25, 0.3) is 0 Å². The molecule has 1 rings (SSSR count). The Hall–Kier alpha value is -2.97. The summed E-state index contributed by atoms with van der Waals surface area (Å²) in [7, 11) is 3.03. The minimum Gasteiger partial charge on any atom is -0.493 e. The van der Waals surface area contributed by atoms with Gasteiger partial charge in [-0.2, -0.15) is 0 Å². The van der Waals surface area contributed by atoms with Crippen molar-refractivity contribution in [3.05, 3.63) is 23.3 Å². The van der Waals surface area contributed by atoms with E-state index < -0.39 is 29.9 Å². The van der Waals surface area contributed by atoms with Gasteiger partial charge in [-0.1, -0.05) is 0 Å². The van der Waals surface area contributed by atoms with Gasteiger partial charge in [0, 0.05) is 0 Å². The summed E-state index contributed by atoms with van der Waals surface area (Å²) in [5.74, 6) is -0.988. The fraction of sp³-hybridized carbons (Fsp3) is 0.400. The molecular formula is C15H22N4O5. The molecule has 6 N–H and O–H groups in total. The molecule has 0 fully saturated rings. The summed E-state index contributed by atoms with van der Waals surface area (Å²) >= 11 is 0. The molecule has 0 aliphatic rings. The van der Waals surface area contributed by atoms with Crippen molar-refractivity contribution < 1.29 is 23.9 Å². The number of benzene rings is 1. The quantitative estimate of drug-likeness (QED) is 0.505. The number of carbonyl (C=O) groups excluding carboxylic acids is 3. The Morgan fingerprint density at radius 2 is 1.50 bits per heavy atom. The second-order valence-corrected chi connectivity index (χ2v) is 5.14. The summed E-state index contributed by atoms with van der Waals surface area (Å²) in [5, 5.41) is 4.74. The summed E-state index contributed by atoms with van der Waals surface area (Å²) in [6.07, 6.45) is 0. The number of hydrogen-bond donors (Lipinski definition) is 4. The lowest BCUT2D eigenvalue weighted by Crippen LogP contribution is -2.55. The van der Waals surface area contributed by atoms with Crippen molar-refractivity contribution in [1.29, 1.82) is 0 Å². The number of primary amides is 2. The Kier molecular flexibility index (Phi) is 6.39. The molecule has 0 bridgehead atoms. The second kappa shape index (κ2) is 8.04. The van der Waals surface area contributed by atoms with Crippen LogP contribution in [0.4, 0.5) is 4.79 Å². The molecule has 1 atom stereocenters.